The lowest BCUT2D eigenvalue weighted by atomic mass is 10.3. The monoisotopic (exact) mass is 511 g/mol. The Morgan fingerprint density at radius 2 is 1.88 bits per heavy atom. The molecule has 166 valence electrons. The summed E-state index contributed by atoms with van der Waals surface area (Å²) in [6.45, 7) is 1.74. The van der Waals surface area contributed by atoms with Crippen molar-refractivity contribution in [3.63, 3.8) is 0 Å². The van der Waals surface area contributed by atoms with Crippen LogP contribution in [0, 0.1) is 6.92 Å². The largest absolute Gasteiger partial charge is 0.505 e. The highest BCUT2D eigenvalue weighted by Crippen LogP contribution is 2.35. The number of hydrogen-bond donors (Lipinski definition) is 2. The van der Waals surface area contributed by atoms with E-state index in [-0.39, 0.29) is 21.3 Å². The predicted molar refractivity (Wildman–Crippen MR) is 123 cm³/mol. The lowest BCUT2D eigenvalue weighted by molar-refractivity contribution is 0.344. The molecule has 12 heteroatoms. The molecule has 2 heterocycles. The Labute approximate surface area is 196 Å². The molecule has 0 spiro atoms. The predicted octanol–water partition coefficient (Wildman–Crippen LogP) is 4.70. The Bertz CT molecular complexity index is 1480. The molecule has 0 saturated carbocycles. The number of halogens is 2. The van der Waals surface area contributed by atoms with Crippen LogP contribution >= 0.6 is 35.0 Å². The summed E-state index contributed by atoms with van der Waals surface area (Å²) in [5, 5.41) is 9.91. The fraction of sp³-hybridized carbons (Fsp3) is 0.100. The van der Waals surface area contributed by atoms with Crippen LogP contribution in [0.5, 0.6) is 5.75 Å². The summed E-state index contributed by atoms with van der Waals surface area (Å²) < 4.78 is 34.0. The van der Waals surface area contributed by atoms with E-state index in [1.54, 1.807) is 37.3 Å². The van der Waals surface area contributed by atoms with Crippen LogP contribution in [0.2, 0.25) is 10.0 Å². The molecule has 0 amide bonds. The summed E-state index contributed by atoms with van der Waals surface area (Å²) in [4.78, 5) is 16.9. The molecule has 0 aliphatic rings. The summed E-state index contributed by atoms with van der Waals surface area (Å²) in [6.07, 6.45) is 0. The van der Waals surface area contributed by atoms with E-state index in [4.69, 9.17) is 27.7 Å². The first-order valence-corrected chi connectivity index (χ1v) is 12.3. The summed E-state index contributed by atoms with van der Waals surface area (Å²) >= 11 is 13.1. The molecule has 0 aliphatic heterocycles. The van der Waals surface area contributed by atoms with Crippen LogP contribution < -0.4 is 10.3 Å². The third-order valence-electron chi connectivity index (χ3n) is 4.30. The number of rotatable bonds is 6. The van der Waals surface area contributed by atoms with Gasteiger partial charge in [0.05, 0.1) is 10.7 Å². The molecule has 0 fully saturated rings. The van der Waals surface area contributed by atoms with Gasteiger partial charge in [-0.1, -0.05) is 23.2 Å². The summed E-state index contributed by atoms with van der Waals surface area (Å²) in [5.41, 5.74) is 1.03. The fourth-order valence-corrected chi connectivity index (χ4v) is 5.49. The molecule has 0 bridgehead atoms. The molecule has 0 aliphatic carbocycles. The molecule has 8 nitrogen and oxygen atoms in total. The van der Waals surface area contributed by atoms with E-state index in [1.807, 2.05) is 0 Å². The van der Waals surface area contributed by atoms with Gasteiger partial charge >= 0.3 is 0 Å². The maximum Gasteiger partial charge on any atom is 0.287 e. The molecular weight excluding hydrogens is 497 g/mol. The van der Waals surface area contributed by atoms with Gasteiger partial charge in [-0.15, -0.1) is 16.3 Å². The second-order valence-electron chi connectivity index (χ2n) is 6.74. The van der Waals surface area contributed by atoms with Crippen LogP contribution in [0.25, 0.3) is 5.65 Å². The summed E-state index contributed by atoms with van der Waals surface area (Å²) in [7, 11) is -4.11. The van der Waals surface area contributed by atoms with Crippen molar-refractivity contribution in [2.45, 2.75) is 22.5 Å². The average molecular weight is 512 g/mol. The minimum Gasteiger partial charge on any atom is -0.505 e. The number of phenols is 1. The maximum atomic E-state index is 12.6. The van der Waals surface area contributed by atoms with Crippen molar-refractivity contribution in [1.82, 2.24) is 9.56 Å². The van der Waals surface area contributed by atoms with Crippen LogP contribution in [0.4, 0.5) is 5.69 Å². The van der Waals surface area contributed by atoms with Crippen LogP contribution in [-0.2, 0) is 15.8 Å². The molecule has 2 N–H and O–H groups in total. The highest BCUT2D eigenvalue weighted by molar-refractivity contribution is 7.98. The lowest BCUT2D eigenvalue weighted by Crippen LogP contribution is -2.13. The third-order valence-corrected chi connectivity index (χ3v) is 7.25. The number of anilines is 1. The smallest absolute Gasteiger partial charge is 0.287 e. The van der Waals surface area contributed by atoms with Gasteiger partial charge in [-0.25, -0.2) is 13.4 Å². The van der Waals surface area contributed by atoms with Gasteiger partial charge in [-0.3, -0.25) is 9.52 Å². The van der Waals surface area contributed by atoms with Crippen molar-refractivity contribution in [2.24, 2.45) is 0 Å². The number of thioether (sulfide) groups is 1. The van der Waals surface area contributed by atoms with Crippen molar-refractivity contribution in [1.29, 1.82) is 0 Å². The molecule has 0 radical (unpaired) electrons. The van der Waals surface area contributed by atoms with E-state index in [0.717, 1.165) is 15.5 Å². The number of aromatic nitrogens is 2. The molecule has 2 aromatic heterocycles. The topological polar surface area (TPSA) is 114 Å². The SMILES string of the molecule is Cc1cc2nc(CSc3ccc(NS(=O)(=O)c4cc(Cl)cc(Cl)c4O)cc3)cc(=O)n2o1. The first-order valence-electron chi connectivity index (χ1n) is 9.06. The third kappa shape index (κ3) is 4.73. The molecular formula is C20H15Cl2N3O5S2. The van der Waals surface area contributed by atoms with E-state index in [2.05, 4.69) is 9.71 Å². The molecule has 0 unspecified atom stereocenters. The number of benzene rings is 2. The van der Waals surface area contributed by atoms with Gasteiger partial charge in [-0.05, 0) is 43.3 Å². The van der Waals surface area contributed by atoms with Gasteiger partial charge in [0.25, 0.3) is 15.6 Å². The minimum atomic E-state index is -4.11. The number of aromatic hydroxyl groups is 1. The number of nitrogens with zero attached hydrogens (tertiary/aromatic N) is 2. The quantitative estimate of drug-likeness (QED) is 0.360. The second-order valence-corrected chi connectivity index (χ2v) is 10.3. The zero-order chi connectivity index (χ0) is 23.0. The molecule has 4 rings (SSSR count). The number of sulfonamides is 1. The number of phenolic OH excluding ortho intramolecular Hbond substituents is 1. The van der Waals surface area contributed by atoms with Gasteiger partial charge in [-0.2, -0.15) is 0 Å². The lowest BCUT2D eigenvalue weighted by Gasteiger charge is -2.11. The molecule has 0 saturated heterocycles. The zero-order valence-electron chi connectivity index (χ0n) is 16.4. The normalized spacial score (nSPS) is 11.7. The summed E-state index contributed by atoms with van der Waals surface area (Å²) in [5.74, 6) is 0.449. The van der Waals surface area contributed by atoms with Crippen molar-refractivity contribution in [2.75, 3.05) is 4.72 Å². The second kappa shape index (κ2) is 8.70. The molecule has 4 aromatic rings. The van der Waals surface area contributed by atoms with Crippen molar-refractivity contribution in [3.8, 4) is 5.75 Å². The Balaban J connectivity index is 1.47. The van der Waals surface area contributed by atoms with Gasteiger partial charge in [0.1, 0.15) is 10.7 Å². The number of fused-ring (bicyclic) bond motifs is 1. The highest BCUT2D eigenvalue weighted by atomic mass is 35.5. The summed E-state index contributed by atoms with van der Waals surface area (Å²) in [6, 6.07) is 12.1. The average Bonchev–Trinajstić information content (AvgIpc) is 3.10. The molecule has 32 heavy (non-hydrogen) atoms. The van der Waals surface area contributed by atoms with E-state index in [0.29, 0.717) is 22.9 Å². The number of aryl methyl sites for hydroxylation is 1. The van der Waals surface area contributed by atoms with Gasteiger partial charge < -0.3 is 9.63 Å². The first-order chi connectivity index (χ1) is 15.1. The van der Waals surface area contributed by atoms with Crippen molar-refractivity contribution >= 4 is 56.3 Å². The van der Waals surface area contributed by atoms with Gasteiger partial charge in [0.2, 0.25) is 0 Å². The van der Waals surface area contributed by atoms with Gasteiger partial charge in [0, 0.05) is 33.5 Å². The maximum absolute atomic E-state index is 12.6. The van der Waals surface area contributed by atoms with Crippen LogP contribution in [0.15, 0.2) is 67.6 Å². The standard InChI is InChI=1S/C20H15Cl2N3O5S2/c1-11-6-18-23-14(9-19(26)25(18)30-11)10-31-15-4-2-13(3-5-15)24-32(28,29)17-8-12(21)7-16(22)20(17)27/h2-9,24,27H,10H2,1H3. The molecule has 2 aromatic carbocycles. The van der Waals surface area contributed by atoms with Crippen LogP contribution in [-0.4, -0.2) is 23.1 Å². The number of nitrogens with one attached hydrogen (secondary N) is 1. The molecule has 0 atom stereocenters. The van der Waals surface area contributed by atoms with E-state index >= 15 is 0 Å². The van der Waals surface area contributed by atoms with E-state index in [1.165, 1.54) is 23.9 Å². The van der Waals surface area contributed by atoms with E-state index < -0.39 is 20.7 Å². The Hall–Kier alpha value is -2.66. The van der Waals surface area contributed by atoms with Crippen LogP contribution in [0.1, 0.15) is 11.5 Å². The van der Waals surface area contributed by atoms with E-state index in [9.17, 15) is 18.3 Å². The Kier molecular flexibility index (Phi) is 6.13. The Morgan fingerprint density at radius 3 is 2.59 bits per heavy atom. The van der Waals surface area contributed by atoms with Gasteiger partial charge in [0.15, 0.2) is 11.4 Å². The van der Waals surface area contributed by atoms with Crippen LogP contribution in [0.3, 0.4) is 0 Å². The van der Waals surface area contributed by atoms with Crippen molar-refractivity contribution < 1.29 is 18.0 Å². The Morgan fingerprint density at radius 1 is 1.16 bits per heavy atom. The van der Waals surface area contributed by atoms with Crippen molar-refractivity contribution in [3.05, 3.63) is 80.4 Å². The number of hydrogen-bond acceptors (Lipinski definition) is 7. The highest BCUT2D eigenvalue weighted by Gasteiger charge is 2.22. The zero-order valence-corrected chi connectivity index (χ0v) is 19.5. The first kappa shape index (κ1) is 22.5. The fourth-order valence-electron chi connectivity index (χ4n) is 2.88. The minimum absolute atomic E-state index is 0.0805.